The third-order valence-electron chi connectivity index (χ3n) is 11.7. The molecule has 0 aliphatic rings. The summed E-state index contributed by atoms with van der Waals surface area (Å²) in [6.45, 7) is 27.2. The van der Waals surface area contributed by atoms with Gasteiger partial charge in [-0.05, 0) is 0 Å². The van der Waals surface area contributed by atoms with Crippen LogP contribution >= 0.6 is 7.82 Å². The second-order valence-electron chi connectivity index (χ2n) is 19.2. The third kappa shape index (κ3) is 139. The van der Waals surface area contributed by atoms with Gasteiger partial charge >= 0.3 is 7.82 Å². The Kier molecular flexibility index (Phi) is 106. The van der Waals surface area contributed by atoms with Crippen LogP contribution in [0.5, 0.6) is 0 Å². The quantitative estimate of drug-likeness (QED) is 0.0421. The van der Waals surface area contributed by atoms with Gasteiger partial charge in [-0.15, -0.1) is 0 Å². The van der Waals surface area contributed by atoms with E-state index in [2.05, 4.69) is 83.1 Å². The zero-order valence-electron chi connectivity index (χ0n) is 48.1. The van der Waals surface area contributed by atoms with Crippen LogP contribution in [0.15, 0.2) is 0 Å². The molecule has 0 saturated heterocycles. The highest BCUT2D eigenvalue weighted by Crippen LogP contribution is 2.25. The molecule has 0 rings (SSSR count). The van der Waals surface area contributed by atoms with Gasteiger partial charge in [0.1, 0.15) is 0 Å². The van der Waals surface area contributed by atoms with Crippen LogP contribution in [0.3, 0.4) is 0 Å². The predicted octanol–water partition coefficient (Wildman–Crippen LogP) is 24.0. The molecule has 5 heteroatoms. The van der Waals surface area contributed by atoms with Gasteiger partial charge in [0.15, 0.2) is 0 Å². The first-order valence-electron chi connectivity index (χ1n) is 30.3. The Bertz CT molecular complexity index is 516. The smallest absolute Gasteiger partial charge is 0.303 e. The summed E-state index contributed by atoms with van der Waals surface area (Å²) in [5, 5.41) is 0. The van der Waals surface area contributed by atoms with E-state index in [0.29, 0.717) is 0 Å². The van der Waals surface area contributed by atoms with Gasteiger partial charge in [0.25, 0.3) is 0 Å². The lowest BCUT2D eigenvalue weighted by Crippen LogP contribution is -1.77. The van der Waals surface area contributed by atoms with Crippen molar-refractivity contribution in [2.24, 2.45) is 0 Å². The summed E-state index contributed by atoms with van der Waals surface area (Å²) in [4.78, 5) is 21.6. The van der Waals surface area contributed by atoms with Crippen molar-refractivity contribution in [2.75, 3.05) is 0 Å². The van der Waals surface area contributed by atoms with Crippen LogP contribution in [0, 0.1) is 0 Å². The van der Waals surface area contributed by atoms with Crippen LogP contribution in [0.4, 0.5) is 0 Å². The maximum absolute atomic E-state index is 8.88. The minimum atomic E-state index is -4.64. The molecule has 404 valence electrons. The molecule has 0 amide bonds. The first-order chi connectivity index (χ1) is 31.5. The largest absolute Gasteiger partial charge is 0.466 e. The van der Waals surface area contributed by atoms with Gasteiger partial charge in [0.05, 0.1) is 0 Å². The average Bonchev–Trinajstić information content (AvgIpc) is 3.29. The molecule has 0 unspecified atom stereocenters. The van der Waals surface area contributed by atoms with E-state index in [1.807, 2.05) is 0 Å². The molecule has 0 aliphatic carbocycles. The van der Waals surface area contributed by atoms with Crippen LogP contribution in [0.25, 0.3) is 0 Å². The second kappa shape index (κ2) is 87.2. The van der Waals surface area contributed by atoms with Gasteiger partial charge in [-0.25, -0.2) is 4.57 Å². The fraction of sp³-hybridized carbons (Fsp3) is 1.00. The third-order valence-corrected chi connectivity index (χ3v) is 11.7. The average molecular weight is 952 g/mol. The summed E-state index contributed by atoms with van der Waals surface area (Å²) in [5.74, 6) is 0. The number of phosphoric acid groups is 1. The van der Waals surface area contributed by atoms with Gasteiger partial charge in [-0.3, -0.25) is 0 Å². The Morgan fingerprint density at radius 2 is 0.215 bits per heavy atom. The van der Waals surface area contributed by atoms with Crippen molar-refractivity contribution in [3.8, 4) is 0 Å². The zero-order valence-corrected chi connectivity index (χ0v) is 49.0. The fourth-order valence-electron chi connectivity index (χ4n) is 7.24. The molecular weight excluding hydrogens is 816 g/mol. The van der Waals surface area contributed by atoms with Crippen LogP contribution in [-0.2, 0) is 4.57 Å². The molecule has 0 aromatic carbocycles. The maximum atomic E-state index is 8.88. The number of rotatable bonds is 42. The van der Waals surface area contributed by atoms with Crippen molar-refractivity contribution in [3.05, 3.63) is 0 Å². The minimum absolute atomic E-state index is 1.37. The van der Waals surface area contributed by atoms with Crippen LogP contribution in [-0.4, -0.2) is 14.7 Å². The minimum Gasteiger partial charge on any atom is -0.303 e. The van der Waals surface area contributed by atoms with Crippen LogP contribution < -0.4 is 0 Å². The van der Waals surface area contributed by atoms with Crippen molar-refractivity contribution >= 4 is 7.82 Å². The van der Waals surface area contributed by atoms with Crippen molar-refractivity contribution in [2.45, 2.75) is 391 Å². The summed E-state index contributed by atoms with van der Waals surface area (Å²) >= 11 is 0. The standard InChI is InChI=1S/6C10H22.H3O4P/c6*1-3-5-7-9-10-8-6-4-2;1-5(2,3)4/h6*3-10H2,1-2H3;(H3,1,2,3,4). The molecular formula is C60H135O4P. The Morgan fingerprint density at radius 3 is 0.262 bits per heavy atom. The van der Waals surface area contributed by atoms with Crippen molar-refractivity contribution in [1.82, 2.24) is 0 Å². The molecule has 0 radical (unpaired) electrons. The molecule has 0 aromatic heterocycles. The van der Waals surface area contributed by atoms with E-state index in [1.165, 1.54) is 308 Å². The summed E-state index contributed by atoms with van der Waals surface area (Å²) in [7, 11) is -4.64. The lowest BCUT2D eigenvalue weighted by atomic mass is 10.1. The Hall–Kier alpha value is 0.110. The van der Waals surface area contributed by atoms with E-state index in [0.717, 1.165) is 0 Å². The van der Waals surface area contributed by atoms with Gasteiger partial charge in [0.2, 0.25) is 0 Å². The lowest BCUT2D eigenvalue weighted by molar-refractivity contribution is 0.275. The SMILES string of the molecule is CCCCCCCCCC.CCCCCCCCCC.CCCCCCCCCC.CCCCCCCCCC.CCCCCCCCCC.CCCCCCCCCC.O=P(O)(O)O. The predicted molar refractivity (Wildman–Crippen MR) is 304 cm³/mol. The van der Waals surface area contributed by atoms with E-state index >= 15 is 0 Å². The highest BCUT2D eigenvalue weighted by Gasteiger charge is 2.00. The Morgan fingerprint density at radius 1 is 0.169 bits per heavy atom. The topological polar surface area (TPSA) is 77.8 Å². The summed E-state index contributed by atoms with van der Waals surface area (Å²) in [5.41, 5.74) is 0. The summed E-state index contributed by atoms with van der Waals surface area (Å²) in [6, 6.07) is 0. The number of hydrogen-bond acceptors (Lipinski definition) is 1. The summed E-state index contributed by atoms with van der Waals surface area (Å²) < 4.78 is 8.88. The van der Waals surface area contributed by atoms with E-state index in [4.69, 9.17) is 19.2 Å². The molecule has 0 spiro atoms. The molecule has 0 atom stereocenters. The highest BCUT2D eigenvalue weighted by molar-refractivity contribution is 7.45. The van der Waals surface area contributed by atoms with Gasteiger partial charge < -0.3 is 14.7 Å². The normalized spacial score (nSPS) is 10.3. The van der Waals surface area contributed by atoms with E-state index in [-0.39, 0.29) is 0 Å². The Balaban J connectivity index is -0.000000122. The van der Waals surface area contributed by atoms with Crippen molar-refractivity contribution in [3.63, 3.8) is 0 Å². The molecule has 0 saturated carbocycles. The molecule has 0 aromatic rings. The molecule has 0 fully saturated rings. The molecule has 65 heavy (non-hydrogen) atoms. The van der Waals surface area contributed by atoms with Gasteiger partial charge in [0, 0.05) is 0 Å². The van der Waals surface area contributed by atoms with Crippen molar-refractivity contribution < 1.29 is 19.2 Å². The molecule has 0 bridgehead atoms. The maximum Gasteiger partial charge on any atom is 0.466 e. The first kappa shape index (κ1) is 79.2. The monoisotopic (exact) mass is 951 g/mol. The number of hydrogen-bond donors (Lipinski definition) is 3. The fourth-order valence-corrected chi connectivity index (χ4v) is 7.24. The van der Waals surface area contributed by atoms with Gasteiger partial charge in [-0.1, -0.05) is 391 Å². The van der Waals surface area contributed by atoms with Crippen LogP contribution in [0.2, 0.25) is 0 Å². The molecule has 4 nitrogen and oxygen atoms in total. The van der Waals surface area contributed by atoms with E-state index in [9.17, 15) is 0 Å². The second-order valence-corrected chi connectivity index (χ2v) is 20.3. The first-order valence-corrected chi connectivity index (χ1v) is 31.8. The number of unbranched alkanes of at least 4 members (excludes halogenated alkanes) is 42. The van der Waals surface area contributed by atoms with E-state index in [1.54, 1.807) is 0 Å². The highest BCUT2D eigenvalue weighted by atomic mass is 31.2. The Labute approximate surface area is 416 Å². The van der Waals surface area contributed by atoms with Crippen LogP contribution in [0.1, 0.15) is 391 Å². The molecule has 0 heterocycles. The van der Waals surface area contributed by atoms with Gasteiger partial charge in [-0.2, -0.15) is 0 Å². The zero-order chi connectivity index (χ0) is 50.4. The van der Waals surface area contributed by atoms with Crippen molar-refractivity contribution in [1.29, 1.82) is 0 Å². The molecule has 0 aliphatic heterocycles. The lowest BCUT2D eigenvalue weighted by Gasteiger charge is -1.97. The van der Waals surface area contributed by atoms with E-state index < -0.39 is 7.82 Å². The molecule has 3 N–H and O–H groups in total. The summed E-state index contributed by atoms with van der Waals surface area (Å²) in [6.07, 6.45) is 68.8.